The average molecular weight is 251 g/mol. The topological polar surface area (TPSA) is 46.2 Å². The lowest BCUT2D eigenvalue weighted by molar-refractivity contribution is 0.168. The molecule has 0 aliphatic heterocycles. The van der Waals surface area contributed by atoms with Crippen molar-refractivity contribution in [1.29, 1.82) is 0 Å². The molecular formula is C13H14FNOS. The van der Waals surface area contributed by atoms with Gasteiger partial charge in [-0.3, -0.25) is 0 Å². The number of aliphatic hydroxyl groups excluding tert-OH is 1. The van der Waals surface area contributed by atoms with Gasteiger partial charge < -0.3 is 10.8 Å². The normalized spacial score (nSPS) is 12.6. The Bertz CT molecular complexity index is 484. The summed E-state index contributed by atoms with van der Waals surface area (Å²) in [6, 6.07) is 6.10. The van der Waals surface area contributed by atoms with Gasteiger partial charge in [0.1, 0.15) is 5.82 Å². The van der Waals surface area contributed by atoms with Crippen LogP contribution in [0.2, 0.25) is 0 Å². The predicted octanol–water partition coefficient (Wildman–Crippen LogP) is 3.14. The van der Waals surface area contributed by atoms with Crippen LogP contribution in [-0.4, -0.2) is 5.11 Å². The minimum atomic E-state index is -0.717. The van der Waals surface area contributed by atoms with E-state index in [0.29, 0.717) is 17.7 Å². The van der Waals surface area contributed by atoms with E-state index in [-0.39, 0.29) is 5.82 Å². The maximum atomic E-state index is 13.1. The van der Waals surface area contributed by atoms with Crippen LogP contribution in [0.4, 0.5) is 10.1 Å². The van der Waals surface area contributed by atoms with Crippen LogP contribution in [0.1, 0.15) is 23.7 Å². The second kappa shape index (κ2) is 5.29. The summed E-state index contributed by atoms with van der Waals surface area (Å²) in [5.74, 6) is -0.371. The molecule has 0 amide bonds. The minimum absolute atomic E-state index is 0.371. The number of nitrogens with two attached hydrogens (primary N) is 1. The Labute approximate surface area is 104 Å². The van der Waals surface area contributed by atoms with Gasteiger partial charge in [0, 0.05) is 11.3 Å². The van der Waals surface area contributed by atoms with E-state index >= 15 is 0 Å². The van der Waals surface area contributed by atoms with Gasteiger partial charge in [-0.25, -0.2) is 4.39 Å². The van der Waals surface area contributed by atoms with Crippen LogP contribution >= 0.6 is 11.3 Å². The first-order chi connectivity index (χ1) is 8.16. The molecule has 17 heavy (non-hydrogen) atoms. The summed E-state index contributed by atoms with van der Waals surface area (Å²) in [7, 11) is 0. The summed E-state index contributed by atoms with van der Waals surface area (Å²) in [5, 5.41) is 14.0. The molecule has 0 saturated heterocycles. The molecule has 1 aromatic heterocycles. The first kappa shape index (κ1) is 12.1. The van der Waals surface area contributed by atoms with Gasteiger partial charge in [0.25, 0.3) is 0 Å². The molecule has 0 aliphatic rings. The molecule has 0 radical (unpaired) electrons. The number of thiophene rings is 1. The molecule has 1 heterocycles. The van der Waals surface area contributed by atoms with Crippen molar-refractivity contribution in [3.63, 3.8) is 0 Å². The van der Waals surface area contributed by atoms with Crippen LogP contribution in [0.15, 0.2) is 35.0 Å². The highest BCUT2D eigenvalue weighted by Gasteiger charge is 2.12. The Balaban J connectivity index is 2.04. The second-order valence-corrected chi connectivity index (χ2v) is 4.74. The standard InChI is InChI=1S/C13H14FNOS/c14-10-2-3-12(15)11(7-10)13(16)4-1-9-5-6-17-8-9/h2-3,5-8,13,16H,1,4,15H2. The van der Waals surface area contributed by atoms with Gasteiger partial charge in [0.05, 0.1) is 6.10 Å². The molecular weight excluding hydrogens is 237 g/mol. The van der Waals surface area contributed by atoms with Crippen molar-refractivity contribution in [3.8, 4) is 0 Å². The molecule has 1 aromatic carbocycles. The maximum absolute atomic E-state index is 13.1. The fraction of sp³-hybridized carbons (Fsp3) is 0.231. The van der Waals surface area contributed by atoms with E-state index < -0.39 is 6.10 Å². The molecule has 1 atom stereocenters. The highest BCUT2D eigenvalue weighted by Crippen LogP contribution is 2.25. The van der Waals surface area contributed by atoms with E-state index in [0.717, 1.165) is 6.42 Å². The Morgan fingerprint density at radius 1 is 1.35 bits per heavy atom. The van der Waals surface area contributed by atoms with E-state index in [2.05, 4.69) is 0 Å². The number of halogens is 1. The third kappa shape index (κ3) is 3.05. The first-order valence-electron chi connectivity index (χ1n) is 5.41. The van der Waals surface area contributed by atoms with Crippen molar-refractivity contribution in [3.05, 3.63) is 52.0 Å². The number of nitrogen functional groups attached to an aromatic ring is 1. The van der Waals surface area contributed by atoms with Gasteiger partial charge in [-0.2, -0.15) is 11.3 Å². The minimum Gasteiger partial charge on any atom is -0.398 e. The highest BCUT2D eigenvalue weighted by molar-refractivity contribution is 7.07. The third-order valence-electron chi connectivity index (χ3n) is 2.69. The van der Waals surface area contributed by atoms with Crippen LogP contribution in [0.3, 0.4) is 0 Å². The Morgan fingerprint density at radius 3 is 2.88 bits per heavy atom. The zero-order valence-electron chi connectivity index (χ0n) is 9.27. The maximum Gasteiger partial charge on any atom is 0.123 e. The highest BCUT2D eigenvalue weighted by atomic mass is 32.1. The summed E-state index contributed by atoms with van der Waals surface area (Å²) >= 11 is 1.63. The monoisotopic (exact) mass is 251 g/mol. The number of aryl methyl sites for hydroxylation is 1. The number of rotatable bonds is 4. The third-order valence-corrected chi connectivity index (χ3v) is 3.43. The largest absolute Gasteiger partial charge is 0.398 e. The van der Waals surface area contributed by atoms with E-state index in [1.165, 1.54) is 23.8 Å². The molecule has 4 heteroatoms. The lowest BCUT2D eigenvalue weighted by Gasteiger charge is -2.13. The van der Waals surface area contributed by atoms with Gasteiger partial charge in [0.15, 0.2) is 0 Å². The Kier molecular flexibility index (Phi) is 3.76. The van der Waals surface area contributed by atoms with Crippen molar-refractivity contribution in [2.45, 2.75) is 18.9 Å². The molecule has 1 unspecified atom stereocenters. The zero-order chi connectivity index (χ0) is 12.3. The van der Waals surface area contributed by atoms with Gasteiger partial charge in [0.2, 0.25) is 0 Å². The molecule has 0 aliphatic carbocycles. The summed E-state index contributed by atoms with van der Waals surface area (Å²) in [6.07, 6.45) is 0.593. The van der Waals surface area contributed by atoms with Crippen molar-refractivity contribution < 1.29 is 9.50 Å². The van der Waals surface area contributed by atoms with Gasteiger partial charge in [-0.15, -0.1) is 0 Å². The number of anilines is 1. The van der Waals surface area contributed by atoms with Crippen molar-refractivity contribution in [2.24, 2.45) is 0 Å². The SMILES string of the molecule is Nc1ccc(F)cc1C(O)CCc1ccsc1. The lowest BCUT2D eigenvalue weighted by atomic mass is 10.0. The molecule has 2 rings (SSSR count). The first-order valence-corrected chi connectivity index (χ1v) is 6.35. The Morgan fingerprint density at radius 2 is 2.18 bits per heavy atom. The second-order valence-electron chi connectivity index (χ2n) is 3.96. The molecule has 0 bridgehead atoms. The molecule has 3 N–H and O–H groups in total. The van der Waals surface area contributed by atoms with E-state index in [4.69, 9.17) is 5.73 Å². The molecule has 2 nitrogen and oxygen atoms in total. The lowest BCUT2D eigenvalue weighted by Crippen LogP contribution is -2.04. The van der Waals surface area contributed by atoms with Crippen LogP contribution in [0.25, 0.3) is 0 Å². The number of aliphatic hydroxyl groups is 1. The fourth-order valence-electron chi connectivity index (χ4n) is 1.73. The van der Waals surface area contributed by atoms with Crippen LogP contribution in [0.5, 0.6) is 0 Å². The summed E-state index contributed by atoms with van der Waals surface area (Å²) < 4.78 is 13.1. The number of hydrogen-bond donors (Lipinski definition) is 2. The summed E-state index contributed by atoms with van der Waals surface area (Å²) in [4.78, 5) is 0. The number of benzene rings is 1. The Hall–Kier alpha value is -1.39. The van der Waals surface area contributed by atoms with Crippen LogP contribution < -0.4 is 5.73 Å². The molecule has 90 valence electrons. The predicted molar refractivity (Wildman–Crippen MR) is 68.4 cm³/mol. The van der Waals surface area contributed by atoms with Gasteiger partial charge in [-0.1, -0.05) is 0 Å². The van der Waals surface area contributed by atoms with Crippen molar-refractivity contribution in [1.82, 2.24) is 0 Å². The van der Waals surface area contributed by atoms with E-state index in [1.54, 1.807) is 11.3 Å². The summed E-state index contributed by atoms with van der Waals surface area (Å²) in [6.45, 7) is 0. The van der Waals surface area contributed by atoms with E-state index in [1.807, 2.05) is 16.8 Å². The molecule has 0 saturated carbocycles. The van der Waals surface area contributed by atoms with E-state index in [9.17, 15) is 9.50 Å². The van der Waals surface area contributed by atoms with Crippen molar-refractivity contribution in [2.75, 3.05) is 5.73 Å². The van der Waals surface area contributed by atoms with Gasteiger partial charge in [-0.05, 0) is 53.4 Å². The average Bonchev–Trinajstić information content (AvgIpc) is 2.82. The summed E-state index contributed by atoms with van der Waals surface area (Å²) in [5.41, 5.74) is 7.81. The van der Waals surface area contributed by atoms with Crippen molar-refractivity contribution >= 4 is 17.0 Å². The molecule has 0 fully saturated rings. The van der Waals surface area contributed by atoms with Crippen LogP contribution in [0, 0.1) is 5.82 Å². The quantitative estimate of drug-likeness (QED) is 0.820. The smallest absolute Gasteiger partial charge is 0.123 e. The van der Waals surface area contributed by atoms with Crippen LogP contribution in [-0.2, 0) is 6.42 Å². The van der Waals surface area contributed by atoms with Gasteiger partial charge >= 0.3 is 0 Å². The number of hydrogen-bond acceptors (Lipinski definition) is 3. The fourth-order valence-corrected chi connectivity index (χ4v) is 2.43. The zero-order valence-corrected chi connectivity index (χ0v) is 10.1. The molecule has 0 spiro atoms. The molecule has 2 aromatic rings.